The van der Waals surface area contributed by atoms with Crippen LogP contribution in [0.1, 0.15) is 10.4 Å². The molecule has 2 aromatic rings. The monoisotopic (exact) mass is 384 g/mol. The second-order valence-electron chi connectivity index (χ2n) is 3.80. The van der Waals surface area contributed by atoms with Crippen molar-refractivity contribution in [1.29, 1.82) is 0 Å². The topological polar surface area (TPSA) is 78.3 Å². The van der Waals surface area contributed by atoms with Gasteiger partial charge in [-0.2, -0.15) is 0 Å². The molecule has 2 aromatic carbocycles. The highest BCUT2D eigenvalue weighted by Crippen LogP contribution is 2.34. The molecule has 0 fully saturated rings. The van der Waals surface area contributed by atoms with E-state index in [-0.39, 0.29) is 5.56 Å². The van der Waals surface area contributed by atoms with E-state index in [9.17, 15) is 4.79 Å². The number of anilines is 1. The molecular formula is C13H10Br2N2O2. The molecule has 4 nitrogen and oxygen atoms in total. The maximum absolute atomic E-state index is 11.3. The summed E-state index contributed by atoms with van der Waals surface area (Å²) in [6.45, 7) is 0. The maximum atomic E-state index is 11.3. The van der Waals surface area contributed by atoms with Gasteiger partial charge in [0.2, 0.25) is 0 Å². The van der Waals surface area contributed by atoms with Crippen molar-refractivity contribution < 1.29 is 9.53 Å². The predicted molar refractivity (Wildman–Crippen MR) is 81.3 cm³/mol. The van der Waals surface area contributed by atoms with Crippen molar-refractivity contribution in [1.82, 2.24) is 0 Å². The van der Waals surface area contributed by atoms with Crippen molar-refractivity contribution in [2.75, 3.05) is 5.73 Å². The summed E-state index contributed by atoms with van der Waals surface area (Å²) in [5.74, 6) is 0.329. The van der Waals surface area contributed by atoms with Gasteiger partial charge in [-0.3, -0.25) is 4.79 Å². The number of benzene rings is 2. The van der Waals surface area contributed by atoms with Gasteiger partial charge in [-0.15, -0.1) is 0 Å². The van der Waals surface area contributed by atoms with E-state index in [0.29, 0.717) is 17.2 Å². The molecule has 0 heterocycles. The first-order valence-corrected chi connectivity index (χ1v) is 6.88. The van der Waals surface area contributed by atoms with E-state index >= 15 is 0 Å². The smallest absolute Gasteiger partial charge is 0.252 e. The number of nitrogens with two attached hydrogens (primary N) is 2. The number of hydrogen-bond acceptors (Lipinski definition) is 3. The molecule has 0 saturated carbocycles. The van der Waals surface area contributed by atoms with Gasteiger partial charge in [0.1, 0.15) is 11.5 Å². The lowest BCUT2D eigenvalue weighted by atomic mass is 10.1. The lowest BCUT2D eigenvalue weighted by molar-refractivity contribution is 0.0998. The molecule has 98 valence electrons. The molecule has 0 spiro atoms. The van der Waals surface area contributed by atoms with Crippen molar-refractivity contribution in [2.45, 2.75) is 0 Å². The molecule has 6 heteroatoms. The zero-order valence-corrected chi connectivity index (χ0v) is 12.9. The Balaban J connectivity index is 2.42. The third-order valence-corrected chi connectivity index (χ3v) is 3.50. The Hall–Kier alpha value is -1.53. The Kier molecular flexibility index (Phi) is 4.11. The summed E-state index contributed by atoms with van der Waals surface area (Å²) in [7, 11) is 0. The van der Waals surface area contributed by atoms with Crippen LogP contribution in [0, 0.1) is 0 Å². The molecular weight excluding hydrogens is 376 g/mol. The Morgan fingerprint density at radius 3 is 2.42 bits per heavy atom. The van der Waals surface area contributed by atoms with Crippen LogP contribution < -0.4 is 16.2 Å². The van der Waals surface area contributed by atoms with Crippen molar-refractivity contribution in [3.05, 3.63) is 50.9 Å². The minimum absolute atomic E-state index is 0.281. The molecule has 0 bridgehead atoms. The van der Waals surface area contributed by atoms with Crippen molar-refractivity contribution in [3.8, 4) is 11.5 Å². The minimum atomic E-state index is -0.566. The molecule has 19 heavy (non-hydrogen) atoms. The van der Waals surface area contributed by atoms with E-state index in [1.54, 1.807) is 24.3 Å². The molecule has 0 radical (unpaired) electrons. The standard InChI is InChI=1S/C13H10Br2N2O2/c14-7-1-4-11(10(15)5-7)19-12-6-8(16)2-3-9(12)13(17)18/h1-6H,16H2,(H2,17,18). The molecule has 0 atom stereocenters. The number of carbonyl (C=O) groups excluding carboxylic acids is 1. The summed E-state index contributed by atoms with van der Waals surface area (Å²) in [4.78, 5) is 11.3. The predicted octanol–water partition coefficient (Wildman–Crippen LogP) is 3.69. The molecule has 0 unspecified atom stereocenters. The molecule has 0 saturated heterocycles. The van der Waals surface area contributed by atoms with Crippen LogP contribution in [-0.4, -0.2) is 5.91 Å². The second kappa shape index (κ2) is 5.63. The van der Waals surface area contributed by atoms with E-state index in [0.717, 1.165) is 8.95 Å². The van der Waals surface area contributed by atoms with Gasteiger partial charge in [-0.05, 0) is 46.3 Å². The molecule has 0 aromatic heterocycles. The van der Waals surface area contributed by atoms with Gasteiger partial charge < -0.3 is 16.2 Å². The van der Waals surface area contributed by atoms with Gasteiger partial charge in [0.05, 0.1) is 10.0 Å². The Bertz CT molecular complexity index is 645. The quantitative estimate of drug-likeness (QED) is 0.791. The molecule has 4 N–H and O–H groups in total. The fourth-order valence-electron chi connectivity index (χ4n) is 1.50. The molecule has 0 aliphatic heterocycles. The zero-order valence-electron chi connectivity index (χ0n) is 9.69. The summed E-state index contributed by atoms with van der Waals surface area (Å²) in [5, 5.41) is 0. The van der Waals surface area contributed by atoms with E-state index in [1.165, 1.54) is 0 Å². The summed E-state index contributed by atoms with van der Waals surface area (Å²) >= 11 is 6.73. The molecule has 2 rings (SSSR count). The first-order chi connectivity index (χ1) is 8.97. The van der Waals surface area contributed by atoms with Crippen molar-refractivity contribution >= 4 is 43.5 Å². The third kappa shape index (κ3) is 3.27. The van der Waals surface area contributed by atoms with Crippen LogP contribution >= 0.6 is 31.9 Å². The summed E-state index contributed by atoms with van der Waals surface area (Å²) < 4.78 is 7.35. The Labute approximate surface area is 127 Å². The van der Waals surface area contributed by atoms with Gasteiger partial charge >= 0.3 is 0 Å². The number of carbonyl (C=O) groups is 1. The summed E-state index contributed by atoms with van der Waals surface area (Å²) in [6.07, 6.45) is 0. The zero-order chi connectivity index (χ0) is 14.0. The number of nitrogen functional groups attached to an aromatic ring is 1. The Morgan fingerprint density at radius 1 is 1.05 bits per heavy atom. The van der Waals surface area contributed by atoms with Gasteiger partial charge in [0.25, 0.3) is 5.91 Å². The minimum Gasteiger partial charge on any atom is -0.455 e. The lowest BCUT2D eigenvalue weighted by Crippen LogP contribution is -2.12. The maximum Gasteiger partial charge on any atom is 0.252 e. The lowest BCUT2D eigenvalue weighted by Gasteiger charge is -2.11. The highest BCUT2D eigenvalue weighted by atomic mass is 79.9. The normalized spacial score (nSPS) is 10.2. The van der Waals surface area contributed by atoms with Crippen molar-refractivity contribution in [2.24, 2.45) is 5.73 Å². The fourth-order valence-corrected chi connectivity index (χ4v) is 2.63. The van der Waals surface area contributed by atoms with Crippen LogP contribution in [0.3, 0.4) is 0 Å². The van der Waals surface area contributed by atoms with E-state index < -0.39 is 5.91 Å². The highest BCUT2D eigenvalue weighted by Gasteiger charge is 2.12. The number of primary amides is 1. The molecule has 1 amide bonds. The SMILES string of the molecule is NC(=O)c1ccc(N)cc1Oc1ccc(Br)cc1Br. The first kappa shape index (κ1) is 13.9. The number of rotatable bonds is 3. The summed E-state index contributed by atoms with van der Waals surface area (Å²) in [5.41, 5.74) is 11.8. The van der Waals surface area contributed by atoms with Crippen LogP contribution in [0.2, 0.25) is 0 Å². The van der Waals surface area contributed by atoms with E-state index in [2.05, 4.69) is 31.9 Å². The first-order valence-electron chi connectivity index (χ1n) is 5.29. The highest BCUT2D eigenvalue weighted by molar-refractivity contribution is 9.11. The van der Waals surface area contributed by atoms with Gasteiger partial charge in [0, 0.05) is 16.2 Å². The van der Waals surface area contributed by atoms with Gasteiger partial charge in [0.15, 0.2) is 0 Å². The van der Waals surface area contributed by atoms with E-state index in [1.807, 2.05) is 12.1 Å². The van der Waals surface area contributed by atoms with Gasteiger partial charge in [-0.25, -0.2) is 0 Å². The van der Waals surface area contributed by atoms with Gasteiger partial charge in [-0.1, -0.05) is 15.9 Å². The van der Waals surface area contributed by atoms with Crippen LogP contribution in [0.15, 0.2) is 45.3 Å². The number of halogens is 2. The second-order valence-corrected chi connectivity index (χ2v) is 5.57. The van der Waals surface area contributed by atoms with E-state index in [4.69, 9.17) is 16.2 Å². The fraction of sp³-hybridized carbons (Fsp3) is 0. The van der Waals surface area contributed by atoms with Crippen LogP contribution in [0.4, 0.5) is 5.69 Å². The Morgan fingerprint density at radius 2 is 1.79 bits per heavy atom. The average Bonchev–Trinajstić information content (AvgIpc) is 2.32. The molecule has 0 aliphatic carbocycles. The summed E-state index contributed by atoms with van der Waals surface area (Å²) in [6, 6.07) is 10.1. The van der Waals surface area contributed by atoms with Crippen LogP contribution in [0.5, 0.6) is 11.5 Å². The third-order valence-electron chi connectivity index (χ3n) is 2.38. The largest absolute Gasteiger partial charge is 0.455 e. The van der Waals surface area contributed by atoms with Crippen LogP contribution in [0.25, 0.3) is 0 Å². The molecule has 0 aliphatic rings. The van der Waals surface area contributed by atoms with Crippen LogP contribution in [-0.2, 0) is 0 Å². The average molecular weight is 386 g/mol. The number of hydrogen-bond donors (Lipinski definition) is 2. The number of ether oxygens (including phenoxy) is 1. The number of amides is 1. The van der Waals surface area contributed by atoms with Crippen molar-refractivity contribution in [3.63, 3.8) is 0 Å².